The van der Waals surface area contributed by atoms with Gasteiger partial charge in [-0.2, -0.15) is 5.26 Å². The van der Waals surface area contributed by atoms with E-state index in [1.54, 1.807) is 35.2 Å². The molecule has 0 amide bonds. The minimum absolute atomic E-state index is 0.0157. The summed E-state index contributed by atoms with van der Waals surface area (Å²) < 4.78 is 3.22. The van der Waals surface area contributed by atoms with Crippen molar-refractivity contribution in [1.82, 2.24) is 19.7 Å². The third-order valence-corrected chi connectivity index (χ3v) is 7.04. The Balaban J connectivity index is 1.81. The molecule has 0 saturated carbocycles. The van der Waals surface area contributed by atoms with E-state index in [9.17, 15) is 4.79 Å². The van der Waals surface area contributed by atoms with Gasteiger partial charge in [0.15, 0.2) is 8.68 Å². The molecule has 2 aromatic heterocycles. The standard InChI is InChI=1S/C17H17N5OS3/c1-11(2)9-24-16-20-21-17(26-16)25-10-14-19-13-6-4-3-5-12(13)15(23)22(14)8-7-18/h3-6,11H,8-10H2,1-2H3. The van der Waals surface area contributed by atoms with Crippen LogP contribution >= 0.6 is 34.9 Å². The molecule has 0 radical (unpaired) electrons. The van der Waals surface area contributed by atoms with Crippen molar-refractivity contribution in [3.05, 3.63) is 40.4 Å². The number of nitriles is 1. The number of nitrogens with zero attached hydrogens (tertiary/aromatic N) is 5. The summed E-state index contributed by atoms with van der Waals surface area (Å²) in [6, 6.07) is 9.24. The molecule has 1 aromatic carbocycles. The number of rotatable bonds is 7. The van der Waals surface area contributed by atoms with Gasteiger partial charge in [-0.05, 0) is 18.1 Å². The topological polar surface area (TPSA) is 84.5 Å². The van der Waals surface area contributed by atoms with Crippen molar-refractivity contribution >= 4 is 45.8 Å². The number of hydrogen-bond acceptors (Lipinski definition) is 8. The van der Waals surface area contributed by atoms with Crippen molar-refractivity contribution in [2.75, 3.05) is 5.75 Å². The lowest BCUT2D eigenvalue weighted by Gasteiger charge is -2.09. The van der Waals surface area contributed by atoms with Gasteiger partial charge in [-0.3, -0.25) is 9.36 Å². The summed E-state index contributed by atoms with van der Waals surface area (Å²) in [5, 5.41) is 18.0. The molecule has 0 fully saturated rings. The van der Waals surface area contributed by atoms with E-state index in [0.717, 1.165) is 14.4 Å². The zero-order valence-electron chi connectivity index (χ0n) is 14.4. The van der Waals surface area contributed by atoms with Crippen LogP contribution in [0, 0.1) is 17.2 Å². The van der Waals surface area contributed by atoms with Crippen LogP contribution in [0.3, 0.4) is 0 Å². The van der Waals surface area contributed by atoms with E-state index in [0.29, 0.717) is 28.4 Å². The molecule has 0 aliphatic carbocycles. The summed E-state index contributed by atoms with van der Waals surface area (Å²) >= 11 is 4.73. The zero-order valence-corrected chi connectivity index (χ0v) is 16.8. The number of aromatic nitrogens is 4. The molecular weight excluding hydrogens is 386 g/mol. The number of fused-ring (bicyclic) bond motifs is 1. The fraction of sp³-hybridized carbons (Fsp3) is 0.353. The number of thioether (sulfide) groups is 2. The maximum Gasteiger partial charge on any atom is 0.262 e. The second-order valence-corrected chi connectivity index (χ2v) is 9.39. The summed E-state index contributed by atoms with van der Waals surface area (Å²) in [5.74, 6) is 2.65. The molecular formula is C17H17N5OS3. The Labute approximate surface area is 163 Å². The van der Waals surface area contributed by atoms with Crippen LogP contribution in [-0.4, -0.2) is 25.5 Å². The van der Waals surface area contributed by atoms with E-state index in [2.05, 4.69) is 29.0 Å². The average Bonchev–Trinajstić information content (AvgIpc) is 3.09. The fourth-order valence-corrected chi connectivity index (χ4v) is 5.18. The van der Waals surface area contributed by atoms with Gasteiger partial charge in [-0.15, -0.1) is 10.2 Å². The molecule has 0 atom stereocenters. The predicted molar refractivity (Wildman–Crippen MR) is 107 cm³/mol. The predicted octanol–water partition coefficient (Wildman–Crippen LogP) is 3.81. The van der Waals surface area contributed by atoms with Crippen LogP contribution in [0.1, 0.15) is 19.7 Å². The first-order valence-electron chi connectivity index (χ1n) is 8.03. The molecule has 0 N–H and O–H groups in total. The molecule has 0 aliphatic rings. The van der Waals surface area contributed by atoms with Crippen LogP contribution in [0.2, 0.25) is 0 Å². The van der Waals surface area contributed by atoms with E-state index < -0.39 is 0 Å². The fourth-order valence-electron chi connectivity index (χ4n) is 2.24. The van der Waals surface area contributed by atoms with Gasteiger partial charge in [-0.1, -0.05) is 60.8 Å². The SMILES string of the molecule is CC(C)CSc1nnc(SCc2nc3ccccc3c(=O)n2CC#N)s1. The van der Waals surface area contributed by atoms with Crippen LogP contribution in [0.25, 0.3) is 10.9 Å². The second kappa shape index (κ2) is 8.66. The normalized spacial score (nSPS) is 11.2. The van der Waals surface area contributed by atoms with Crippen LogP contribution in [0.5, 0.6) is 0 Å². The monoisotopic (exact) mass is 403 g/mol. The largest absolute Gasteiger partial charge is 0.281 e. The lowest BCUT2D eigenvalue weighted by atomic mass is 10.2. The Kier molecular flexibility index (Phi) is 6.29. The van der Waals surface area contributed by atoms with Gasteiger partial charge >= 0.3 is 0 Å². The van der Waals surface area contributed by atoms with Crippen molar-refractivity contribution in [3.63, 3.8) is 0 Å². The molecule has 0 aliphatic heterocycles. The third kappa shape index (κ3) is 4.44. The molecule has 3 aromatic rings. The van der Waals surface area contributed by atoms with Crippen LogP contribution < -0.4 is 5.56 Å². The van der Waals surface area contributed by atoms with Gasteiger partial charge in [0.25, 0.3) is 5.56 Å². The molecule has 9 heteroatoms. The van der Waals surface area contributed by atoms with Crippen molar-refractivity contribution in [2.45, 2.75) is 34.8 Å². The number of hydrogen-bond donors (Lipinski definition) is 0. The van der Waals surface area contributed by atoms with Crippen molar-refractivity contribution in [3.8, 4) is 6.07 Å². The molecule has 0 bridgehead atoms. The van der Waals surface area contributed by atoms with E-state index in [1.165, 1.54) is 16.3 Å². The molecule has 26 heavy (non-hydrogen) atoms. The minimum Gasteiger partial charge on any atom is -0.281 e. The van der Waals surface area contributed by atoms with Gasteiger partial charge in [-0.25, -0.2) is 4.98 Å². The average molecular weight is 404 g/mol. The lowest BCUT2D eigenvalue weighted by molar-refractivity contribution is 0.730. The van der Waals surface area contributed by atoms with Gasteiger partial charge < -0.3 is 0 Å². The maximum absolute atomic E-state index is 12.6. The van der Waals surface area contributed by atoms with E-state index >= 15 is 0 Å². The summed E-state index contributed by atoms with van der Waals surface area (Å²) in [7, 11) is 0. The van der Waals surface area contributed by atoms with Crippen molar-refractivity contribution < 1.29 is 0 Å². The minimum atomic E-state index is -0.182. The highest BCUT2D eigenvalue weighted by atomic mass is 32.2. The highest BCUT2D eigenvalue weighted by Gasteiger charge is 2.13. The van der Waals surface area contributed by atoms with Crippen LogP contribution in [0.4, 0.5) is 0 Å². The van der Waals surface area contributed by atoms with E-state index in [1.807, 2.05) is 18.2 Å². The maximum atomic E-state index is 12.6. The Morgan fingerprint density at radius 3 is 2.69 bits per heavy atom. The Morgan fingerprint density at radius 2 is 1.96 bits per heavy atom. The van der Waals surface area contributed by atoms with Gasteiger partial charge in [0.05, 0.1) is 22.7 Å². The Bertz CT molecular complexity index is 1010. The van der Waals surface area contributed by atoms with Crippen molar-refractivity contribution in [1.29, 1.82) is 5.26 Å². The van der Waals surface area contributed by atoms with Gasteiger partial charge in [0, 0.05) is 5.75 Å². The number of benzene rings is 1. The van der Waals surface area contributed by atoms with E-state index in [-0.39, 0.29) is 12.1 Å². The molecule has 0 unspecified atom stereocenters. The first-order valence-corrected chi connectivity index (χ1v) is 10.8. The third-order valence-electron chi connectivity index (χ3n) is 3.42. The quantitative estimate of drug-likeness (QED) is 0.555. The van der Waals surface area contributed by atoms with Crippen LogP contribution in [-0.2, 0) is 12.3 Å². The van der Waals surface area contributed by atoms with Crippen LogP contribution in [0.15, 0.2) is 37.7 Å². The molecule has 6 nitrogen and oxygen atoms in total. The zero-order chi connectivity index (χ0) is 18.5. The summed E-state index contributed by atoms with van der Waals surface area (Å²) in [6.07, 6.45) is 0. The van der Waals surface area contributed by atoms with Gasteiger partial charge in [0.2, 0.25) is 0 Å². The summed E-state index contributed by atoms with van der Waals surface area (Å²) in [4.78, 5) is 17.2. The number of para-hydroxylation sites is 1. The molecule has 2 heterocycles. The lowest BCUT2D eigenvalue weighted by Crippen LogP contribution is -2.24. The van der Waals surface area contributed by atoms with E-state index in [4.69, 9.17) is 5.26 Å². The highest BCUT2D eigenvalue weighted by Crippen LogP contribution is 2.31. The Morgan fingerprint density at radius 1 is 1.23 bits per heavy atom. The summed E-state index contributed by atoms with van der Waals surface area (Å²) in [5.41, 5.74) is 0.464. The Hall–Kier alpha value is -1.89. The van der Waals surface area contributed by atoms with Crippen molar-refractivity contribution in [2.24, 2.45) is 5.92 Å². The first kappa shape index (κ1) is 18.9. The smallest absolute Gasteiger partial charge is 0.262 e. The first-order chi connectivity index (χ1) is 12.6. The second-order valence-electron chi connectivity index (χ2n) is 5.92. The molecule has 3 rings (SSSR count). The molecule has 0 spiro atoms. The van der Waals surface area contributed by atoms with Gasteiger partial charge in [0.1, 0.15) is 12.4 Å². The highest BCUT2D eigenvalue weighted by molar-refractivity contribution is 8.02. The molecule has 0 saturated heterocycles. The summed E-state index contributed by atoms with van der Waals surface area (Å²) in [6.45, 7) is 4.32. The molecule has 134 valence electrons.